The Morgan fingerprint density at radius 3 is 2.65 bits per heavy atom. The summed E-state index contributed by atoms with van der Waals surface area (Å²) in [4.78, 5) is 13.6. The quantitative estimate of drug-likeness (QED) is 0.733. The summed E-state index contributed by atoms with van der Waals surface area (Å²) < 4.78 is 0. The summed E-state index contributed by atoms with van der Waals surface area (Å²) in [6, 6.07) is 15.7. The van der Waals surface area contributed by atoms with Gasteiger partial charge in [-0.15, -0.1) is 11.8 Å². The van der Waals surface area contributed by atoms with Crippen LogP contribution >= 0.6 is 11.8 Å². The SMILES string of the molecule is CCNCc1cccc(NC(=O)c2ccccc2SC(C)C)c1. The molecular formula is C19H24N2OS. The number of nitrogens with one attached hydrogen (secondary N) is 2. The zero-order valence-electron chi connectivity index (χ0n) is 13.9. The van der Waals surface area contributed by atoms with Crippen LogP contribution in [0.25, 0.3) is 0 Å². The van der Waals surface area contributed by atoms with Crippen LogP contribution in [0.2, 0.25) is 0 Å². The van der Waals surface area contributed by atoms with Gasteiger partial charge < -0.3 is 10.6 Å². The summed E-state index contributed by atoms with van der Waals surface area (Å²) in [6.45, 7) is 8.07. The van der Waals surface area contributed by atoms with Crippen LogP contribution < -0.4 is 10.6 Å². The number of carbonyl (C=O) groups excluding carboxylic acids is 1. The highest BCUT2D eigenvalue weighted by atomic mass is 32.2. The average Bonchev–Trinajstić information content (AvgIpc) is 2.53. The smallest absolute Gasteiger partial charge is 0.256 e. The van der Waals surface area contributed by atoms with Crippen LogP contribution in [-0.4, -0.2) is 17.7 Å². The molecule has 122 valence electrons. The Hall–Kier alpha value is -1.78. The van der Waals surface area contributed by atoms with Gasteiger partial charge in [-0.1, -0.05) is 45.0 Å². The Labute approximate surface area is 142 Å². The zero-order chi connectivity index (χ0) is 16.7. The number of anilines is 1. The minimum Gasteiger partial charge on any atom is -0.322 e. The number of carbonyl (C=O) groups is 1. The molecule has 0 radical (unpaired) electrons. The second-order valence-corrected chi connectivity index (χ2v) is 7.22. The van der Waals surface area contributed by atoms with E-state index in [1.165, 1.54) is 0 Å². The van der Waals surface area contributed by atoms with Gasteiger partial charge in [-0.3, -0.25) is 4.79 Å². The van der Waals surface area contributed by atoms with Crippen molar-refractivity contribution in [2.75, 3.05) is 11.9 Å². The van der Waals surface area contributed by atoms with Crippen LogP contribution in [0.15, 0.2) is 53.4 Å². The Morgan fingerprint density at radius 1 is 1.13 bits per heavy atom. The zero-order valence-corrected chi connectivity index (χ0v) is 14.7. The van der Waals surface area contributed by atoms with Crippen molar-refractivity contribution in [3.05, 3.63) is 59.7 Å². The first-order valence-corrected chi connectivity index (χ1v) is 8.84. The molecule has 2 aromatic rings. The maximum absolute atomic E-state index is 12.6. The molecular weight excluding hydrogens is 304 g/mol. The van der Waals surface area contributed by atoms with E-state index in [0.29, 0.717) is 5.25 Å². The third-order valence-electron chi connectivity index (χ3n) is 3.26. The Kier molecular flexibility index (Phi) is 6.68. The molecule has 23 heavy (non-hydrogen) atoms. The van der Waals surface area contributed by atoms with Crippen molar-refractivity contribution >= 4 is 23.4 Å². The largest absolute Gasteiger partial charge is 0.322 e. The van der Waals surface area contributed by atoms with Crippen molar-refractivity contribution in [3.8, 4) is 0 Å². The second kappa shape index (κ2) is 8.75. The molecule has 0 aliphatic rings. The number of thioether (sulfide) groups is 1. The fourth-order valence-electron chi connectivity index (χ4n) is 2.24. The summed E-state index contributed by atoms with van der Waals surface area (Å²) in [5.74, 6) is -0.0608. The van der Waals surface area contributed by atoms with Gasteiger partial charge in [0.25, 0.3) is 5.91 Å². The van der Waals surface area contributed by atoms with Crippen LogP contribution in [0.1, 0.15) is 36.7 Å². The van der Waals surface area contributed by atoms with Crippen LogP contribution in [-0.2, 0) is 6.54 Å². The predicted molar refractivity (Wildman–Crippen MR) is 99.2 cm³/mol. The molecule has 2 aromatic carbocycles. The Bertz CT molecular complexity index is 655. The van der Waals surface area contributed by atoms with Gasteiger partial charge in [0.05, 0.1) is 5.56 Å². The van der Waals surface area contributed by atoms with E-state index in [2.05, 4.69) is 37.5 Å². The van der Waals surface area contributed by atoms with Crippen molar-refractivity contribution in [2.24, 2.45) is 0 Å². The summed E-state index contributed by atoms with van der Waals surface area (Å²) in [6.07, 6.45) is 0. The fraction of sp³-hybridized carbons (Fsp3) is 0.316. The van der Waals surface area contributed by atoms with Gasteiger partial charge in [-0.25, -0.2) is 0 Å². The van der Waals surface area contributed by atoms with E-state index >= 15 is 0 Å². The van der Waals surface area contributed by atoms with Crippen LogP contribution in [0.4, 0.5) is 5.69 Å². The molecule has 2 N–H and O–H groups in total. The second-order valence-electron chi connectivity index (χ2n) is 5.60. The van der Waals surface area contributed by atoms with Crippen molar-refractivity contribution in [2.45, 2.75) is 37.5 Å². The van der Waals surface area contributed by atoms with E-state index in [4.69, 9.17) is 0 Å². The van der Waals surface area contributed by atoms with Gasteiger partial charge >= 0.3 is 0 Å². The first-order chi connectivity index (χ1) is 11.1. The van der Waals surface area contributed by atoms with E-state index < -0.39 is 0 Å². The number of hydrogen-bond donors (Lipinski definition) is 2. The van der Waals surface area contributed by atoms with Crippen molar-refractivity contribution < 1.29 is 4.79 Å². The molecule has 0 spiro atoms. The van der Waals surface area contributed by atoms with Gasteiger partial charge in [0, 0.05) is 22.4 Å². The molecule has 0 aromatic heterocycles. The third kappa shape index (κ3) is 5.41. The standard InChI is InChI=1S/C19H24N2OS/c1-4-20-13-15-8-7-9-16(12-15)21-19(22)17-10-5-6-11-18(17)23-14(2)3/h5-12,14,20H,4,13H2,1-3H3,(H,21,22). The minimum absolute atomic E-state index is 0.0608. The Morgan fingerprint density at radius 2 is 1.91 bits per heavy atom. The number of rotatable bonds is 7. The lowest BCUT2D eigenvalue weighted by Crippen LogP contribution is -2.14. The Balaban J connectivity index is 2.13. The first kappa shape index (κ1) is 17.6. The number of hydrogen-bond acceptors (Lipinski definition) is 3. The van der Waals surface area contributed by atoms with E-state index in [0.717, 1.165) is 34.8 Å². The number of amides is 1. The molecule has 0 heterocycles. The molecule has 0 aliphatic heterocycles. The summed E-state index contributed by atoms with van der Waals surface area (Å²) in [7, 11) is 0. The number of benzene rings is 2. The van der Waals surface area contributed by atoms with Crippen LogP contribution in [0, 0.1) is 0 Å². The summed E-state index contributed by atoms with van der Waals surface area (Å²) >= 11 is 1.71. The summed E-state index contributed by atoms with van der Waals surface area (Å²) in [5.41, 5.74) is 2.72. The van der Waals surface area contributed by atoms with E-state index in [1.54, 1.807) is 11.8 Å². The molecule has 0 fully saturated rings. The molecule has 1 amide bonds. The van der Waals surface area contributed by atoms with Gasteiger partial charge in [0.1, 0.15) is 0 Å². The molecule has 4 heteroatoms. The van der Waals surface area contributed by atoms with Crippen LogP contribution in [0.3, 0.4) is 0 Å². The van der Waals surface area contributed by atoms with E-state index in [9.17, 15) is 4.79 Å². The highest BCUT2D eigenvalue weighted by molar-refractivity contribution is 8.00. The van der Waals surface area contributed by atoms with E-state index in [1.807, 2.05) is 42.5 Å². The first-order valence-electron chi connectivity index (χ1n) is 7.97. The molecule has 0 bridgehead atoms. The van der Waals surface area contributed by atoms with Crippen molar-refractivity contribution in [3.63, 3.8) is 0 Å². The predicted octanol–water partition coefficient (Wildman–Crippen LogP) is 4.55. The third-order valence-corrected chi connectivity index (χ3v) is 4.34. The maximum Gasteiger partial charge on any atom is 0.256 e. The van der Waals surface area contributed by atoms with Gasteiger partial charge in [0.2, 0.25) is 0 Å². The van der Waals surface area contributed by atoms with Crippen molar-refractivity contribution in [1.29, 1.82) is 0 Å². The normalized spacial score (nSPS) is 10.8. The lowest BCUT2D eigenvalue weighted by atomic mass is 10.1. The topological polar surface area (TPSA) is 41.1 Å². The lowest BCUT2D eigenvalue weighted by Gasteiger charge is -2.12. The van der Waals surface area contributed by atoms with Crippen LogP contribution in [0.5, 0.6) is 0 Å². The monoisotopic (exact) mass is 328 g/mol. The van der Waals surface area contributed by atoms with E-state index in [-0.39, 0.29) is 5.91 Å². The highest BCUT2D eigenvalue weighted by Crippen LogP contribution is 2.27. The average molecular weight is 328 g/mol. The molecule has 0 unspecified atom stereocenters. The molecule has 0 saturated heterocycles. The molecule has 3 nitrogen and oxygen atoms in total. The fourth-order valence-corrected chi connectivity index (χ4v) is 3.19. The van der Waals surface area contributed by atoms with Gasteiger partial charge in [-0.05, 0) is 36.4 Å². The molecule has 0 saturated carbocycles. The molecule has 0 atom stereocenters. The maximum atomic E-state index is 12.6. The lowest BCUT2D eigenvalue weighted by molar-refractivity contribution is 0.102. The highest BCUT2D eigenvalue weighted by Gasteiger charge is 2.12. The van der Waals surface area contributed by atoms with Crippen molar-refractivity contribution in [1.82, 2.24) is 5.32 Å². The molecule has 2 rings (SSSR count). The van der Waals surface area contributed by atoms with Gasteiger partial charge in [-0.2, -0.15) is 0 Å². The van der Waals surface area contributed by atoms with Gasteiger partial charge in [0.15, 0.2) is 0 Å². The summed E-state index contributed by atoms with van der Waals surface area (Å²) in [5, 5.41) is 6.74. The molecule has 0 aliphatic carbocycles. The minimum atomic E-state index is -0.0608.